The molecule has 1 unspecified atom stereocenters. The van der Waals surface area contributed by atoms with E-state index < -0.39 is 0 Å². The van der Waals surface area contributed by atoms with Gasteiger partial charge in [0.2, 0.25) is 0 Å². The standard InChI is InChI=1S/C18H25N/c1-14(2)11-18(13-19(3)4)17-10-9-15-7-5-6-8-16(15)12-17/h5-10,12,14,18H,11,13H2,1-4H3. The van der Waals surface area contributed by atoms with E-state index in [1.54, 1.807) is 0 Å². The van der Waals surface area contributed by atoms with Gasteiger partial charge in [0.25, 0.3) is 0 Å². The third kappa shape index (κ3) is 3.81. The fourth-order valence-corrected chi connectivity index (χ4v) is 2.79. The largest absolute Gasteiger partial charge is 0.309 e. The second-order valence-corrected chi connectivity index (χ2v) is 6.20. The number of fused-ring (bicyclic) bond motifs is 1. The van der Waals surface area contributed by atoms with Gasteiger partial charge in [-0.2, -0.15) is 0 Å². The summed E-state index contributed by atoms with van der Waals surface area (Å²) in [6.45, 7) is 5.74. The molecule has 0 saturated heterocycles. The molecule has 1 heteroatoms. The van der Waals surface area contributed by atoms with E-state index in [1.807, 2.05) is 0 Å². The summed E-state index contributed by atoms with van der Waals surface area (Å²) in [5.74, 6) is 1.36. The van der Waals surface area contributed by atoms with E-state index in [-0.39, 0.29) is 0 Å². The van der Waals surface area contributed by atoms with Crippen LogP contribution in [0.1, 0.15) is 31.7 Å². The molecule has 0 amide bonds. The fraction of sp³-hybridized carbons (Fsp3) is 0.444. The first-order chi connectivity index (χ1) is 9.06. The molecule has 0 spiro atoms. The Balaban J connectivity index is 2.32. The molecule has 2 rings (SSSR count). The Morgan fingerprint density at radius 2 is 1.63 bits per heavy atom. The van der Waals surface area contributed by atoms with E-state index in [2.05, 4.69) is 75.3 Å². The first-order valence-electron chi connectivity index (χ1n) is 7.19. The summed E-state index contributed by atoms with van der Waals surface area (Å²) >= 11 is 0. The first kappa shape index (κ1) is 14.1. The summed E-state index contributed by atoms with van der Waals surface area (Å²) in [5.41, 5.74) is 1.47. The monoisotopic (exact) mass is 255 g/mol. The van der Waals surface area contributed by atoms with Gasteiger partial charge in [-0.25, -0.2) is 0 Å². The molecule has 0 radical (unpaired) electrons. The van der Waals surface area contributed by atoms with Crippen molar-refractivity contribution >= 4 is 10.8 Å². The maximum absolute atomic E-state index is 2.37. The molecule has 0 fully saturated rings. The minimum atomic E-state index is 0.625. The number of benzene rings is 2. The smallest absolute Gasteiger partial charge is 0.00443 e. The van der Waals surface area contributed by atoms with Crippen molar-refractivity contribution in [3.63, 3.8) is 0 Å². The second kappa shape index (κ2) is 6.21. The van der Waals surface area contributed by atoms with Gasteiger partial charge < -0.3 is 4.90 Å². The van der Waals surface area contributed by atoms with Gasteiger partial charge >= 0.3 is 0 Å². The van der Waals surface area contributed by atoms with Gasteiger partial charge in [-0.05, 0) is 48.7 Å². The first-order valence-corrected chi connectivity index (χ1v) is 7.19. The minimum absolute atomic E-state index is 0.625. The van der Waals surface area contributed by atoms with Gasteiger partial charge in [-0.1, -0.05) is 56.3 Å². The SMILES string of the molecule is CC(C)CC(CN(C)C)c1ccc2ccccc2c1. The maximum Gasteiger partial charge on any atom is 0.00443 e. The van der Waals surface area contributed by atoms with Crippen LogP contribution in [0, 0.1) is 5.92 Å². The Morgan fingerprint density at radius 1 is 0.947 bits per heavy atom. The van der Waals surface area contributed by atoms with E-state index in [0.717, 1.165) is 12.5 Å². The zero-order valence-corrected chi connectivity index (χ0v) is 12.6. The Bertz CT molecular complexity index is 518. The van der Waals surface area contributed by atoms with Gasteiger partial charge in [-0.3, -0.25) is 0 Å². The third-order valence-corrected chi connectivity index (χ3v) is 3.59. The van der Waals surface area contributed by atoms with Crippen molar-refractivity contribution in [1.82, 2.24) is 4.90 Å². The maximum atomic E-state index is 2.37. The number of likely N-dealkylation sites (N-methyl/N-ethyl adjacent to an activating group) is 1. The van der Waals surface area contributed by atoms with Crippen LogP contribution in [0.3, 0.4) is 0 Å². The topological polar surface area (TPSA) is 3.24 Å². The lowest BCUT2D eigenvalue weighted by Gasteiger charge is -2.23. The molecule has 0 aromatic heterocycles. The highest BCUT2D eigenvalue weighted by atomic mass is 15.1. The molecule has 0 saturated carbocycles. The number of rotatable bonds is 5. The molecule has 19 heavy (non-hydrogen) atoms. The summed E-state index contributed by atoms with van der Waals surface area (Å²) in [5, 5.41) is 2.69. The van der Waals surface area contributed by atoms with Gasteiger partial charge in [0.1, 0.15) is 0 Å². The van der Waals surface area contributed by atoms with Gasteiger partial charge in [0.15, 0.2) is 0 Å². The highest BCUT2D eigenvalue weighted by molar-refractivity contribution is 5.83. The summed E-state index contributed by atoms with van der Waals surface area (Å²) in [6.07, 6.45) is 1.25. The normalized spacial score (nSPS) is 13.4. The van der Waals surface area contributed by atoms with E-state index in [1.165, 1.54) is 22.8 Å². The van der Waals surface area contributed by atoms with E-state index in [0.29, 0.717) is 5.92 Å². The minimum Gasteiger partial charge on any atom is -0.309 e. The number of hydrogen-bond acceptors (Lipinski definition) is 1. The Hall–Kier alpha value is -1.34. The summed E-state index contributed by atoms with van der Waals surface area (Å²) in [6, 6.07) is 15.5. The third-order valence-electron chi connectivity index (χ3n) is 3.59. The lowest BCUT2D eigenvalue weighted by atomic mass is 9.89. The molecular formula is C18H25N. The van der Waals surface area contributed by atoms with Crippen LogP contribution >= 0.6 is 0 Å². The predicted octanol–water partition coefficient (Wildman–Crippen LogP) is 4.53. The molecule has 2 aromatic carbocycles. The van der Waals surface area contributed by atoms with Crippen molar-refractivity contribution in [3.8, 4) is 0 Å². The quantitative estimate of drug-likeness (QED) is 0.758. The Kier molecular flexibility index (Phi) is 4.60. The Morgan fingerprint density at radius 3 is 2.26 bits per heavy atom. The van der Waals surface area contributed by atoms with Crippen molar-refractivity contribution in [2.24, 2.45) is 5.92 Å². The molecule has 0 aliphatic carbocycles. The van der Waals surface area contributed by atoms with Crippen molar-refractivity contribution in [3.05, 3.63) is 48.0 Å². The summed E-state index contributed by atoms with van der Waals surface area (Å²) in [7, 11) is 4.32. The molecule has 102 valence electrons. The molecule has 1 nitrogen and oxygen atoms in total. The van der Waals surface area contributed by atoms with Crippen LogP contribution in [0.25, 0.3) is 10.8 Å². The van der Waals surface area contributed by atoms with Crippen LogP contribution in [0.4, 0.5) is 0 Å². The van der Waals surface area contributed by atoms with Crippen LogP contribution in [-0.2, 0) is 0 Å². The zero-order chi connectivity index (χ0) is 13.8. The predicted molar refractivity (Wildman–Crippen MR) is 84.7 cm³/mol. The van der Waals surface area contributed by atoms with Crippen LogP contribution in [0.5, 0.6) is 0 Å². The van der Waals surface area contributed by atoms with Crippen molar-refractivity contribution in [2.45, 2.75) is 26.2 Å². The lowest BCUT2D eigenvalue weighted by Crippen LogP contribution is -2.21. The van der Waals surface area contributed by atoms with Gasteiger partial charge in [0, 0.05) is 6.54 Å². The molecule has 1 atom stereocenters. The van der Waals surface area contributed by atoms with Crippen LogP contribution in [0.2, 0.25) is 0 Å². The highest BCUT2D eigenvalue weighted by Crippen LogP contribution is 2.27. The number of hydrogen-bond donors (Lipinski definition) is 0. The van der Waals surface area contributed by atoms with E-state index >= 15 is 0 Å². The van der Waals surface area contributed by atoms with Crippen molar-refractivity contribution in [2.75, 3.05) is 20.6 Å². The second-order valence-electron chi connectivity index (χ2n) is 6.20. The highest BCUT2D eigenvalue weighted by Gasteiger charge is 2.14. The molecule has 0 N–H and O–H groups in total. The van der Waals surface area contributed by atoms with Gasteiger partial charge in [-0.15, -0.1) is 0 Å². The molecule has 0 heterocycles. The fourth-order valence-electron chi connectivity index (χ4n) is 2.79. The lowest BCUT2D eigenvalue weighted by molar-refractivity contribution is 0.344. The average molecular weight is 255 g/mol. The summed E-state index contributed by atoms with van der Waals surface area (Å²) < 4.78 is 0. The van der Waals surface area contributed by atoms with E-state index in [9.17, 15) is 0 Å². The average Bonchev–Trinajstić information content (AvgIpc) is 2.36. The molecular weight excluding hydrogens is 230 g/mol. The molecule has 0 aliphatic rings. The van der Waals surface area contributed by atoms with Gasteiger partial charge in [0.05, 0.1) is 0 Å². The summed E-state index contributed by atoms with van der Waals surface area (Å²) in [4.78, 5) is 2.29. The molecule has 0 bridgehead atoms. The van der Waals surface area contributed by atoms with Crippen LogP contribution in [0.15, 0.2) is 42.5 Å². The van der Waals surface area contributed by atoms with E-state index in [4.69, 9.17) is 0 Å². The van der Waals surface area contributed by atoms with Crippen molar-refractivity contribution in [1.29, 1.82) is 0 Å². The van der Waals surface area contributed by atoms with Crippen LogP contribution in [-0.4, -0.2) is 25.5 Å². The molecule has 2 aromatic rings. The number of nitrogens with zero attached hydrogens (tertiary/aromatic N) is 1. The Labute approximate surface area is 117 Å². The molecule has 0 aliphatic heterocycles. The zero-order valence-electron chi connectivity index (χ0n) is 12.6. The van der Waals surface area contributed by atoms with Crippen molar-refractivity contribution < 1.29 is 0 Å². The van der Waals surface area contributed by atoms with Crippen LogP contribution < -0.4 is 0 Å².